The Balaban J connectivity index is 2.65. The fraction of sp³-hybridized carbons (Fsp3) is 0.250. The van der Waals surface area contributed by atoms with Gasteiger partial charge in [0.15, 0.2) is 0 Å². The van der Waals surface area contributed by atoms with Gasteiger partial charge in [-0.1, -0.05) is 5.53 Å². The fourth-order valence-corrected chi connectivity index (χ4v) is 1.47. The molecule has 0 aliphatic carbocycles. The van der Waals surface area contributed by atoms with Crippen molar-refractivity contribution in [1.29, 1.82) is 0 Å². The first-order valence-electron chi connectivity index (χ1n) is 3.90. The monoisotopic (exact) mass is 213 g/mol. The molecule has 0 unspecified atom stereocenters. The van der Waals surface area contributed by atoms with Crippen LogP contribution in [-0.4, -0.2) is 18.7 Å². The lowest BCUT2D eigenvalue weighted by molar-refractivity contribution is 0.482. The van der Waals surface area contributed by atoms with Crippen LogP contribution in [0.3, 0.4) is 0 Å². The zero-order valence-electron chi connectivity index (χ0n) is 7.29. The summed E-state index contributed by atoms with van der Waals surface area (Å²) >= 11 is 0. The minimum atomic E-state index is -3.91. The smallest absolute Gasteiger partial charge is 0.286 e. The maximum atomic E-state index is 10.4. The van der Waals surface area contributed by atoms with Crippen LogP contribution in [-0.2, 0) is 16.5 Å². The third-order valence-corrected chi connectivity index (χ3v) is 2.42. The van der Waals surface area contributed by atoms with Gasteiger partial charge in [0.1, 0.15) is 0 Å². The van der Waals surface area contributed by atoms with E-state index in [0.29, 0.717) is 5.69 Å². The van der Waals surface area contributed by atoms with Crippen molar-refractivity contribution in [1.82, 2.24) is 5.11 Å². The lowest BCUT2D eigenvalue weighted by atomic mass is 10.1. The molecule has 0 aliphatic rings. The van der Waals surface area contributed by atoms with Gasteiger partial charge in [0.05, 0.1) is 17.9 Å². The van der Waals surface area contributed by atoms with E-state index >= 15 is 0 Å². The highest BCUT2D eigenvalue weighted by Crippen LogP contribution is 2.08. The summed E-state index contributed by atoms with van der Waals surface area (Å²) in [5.74, 6) is -0.303. The van der Waals surface area contributed by atoms with E-state index < -0.39 is 10.1 Å². The summed E-state index contributed by atoms with van der Waals surface area (Å²) in [4.78, 5) is 0. The molecule has 0 saturated heterocycles. The number of benzene rings is 1. The molecule has 1 N–H and O–H groups in total. The Labute approximate surface area is 82.0 Å². The van der Waals surface area contributed by atoms with Crippen molar-refractivity contribution in [2.75, 3.05) is 5.75 Å². The average Bonchev–Trinajstić information content (AvgIpc) is 2.14. The van der Waals surface area contributed by atoms with E-state index in [-0.39, 0.29) is 12.2 Å². The normalized spacial score (nSPS) is 10.9. The van der Waals surface area contributed by atoms with Gasteiger partial charge >= 0.3 is 5.69 Å². The van der Waals surface area contributed by atoms with Crippen molar-refractivity contribution in [3.63, 3.8) is 0 Å². The maximum absolute atomic E-state index is 10.4. The number of nitrogens with zero attached hydrogens (tertiary/aromatic N) is 2. The molecule has 1 aromatic carbocycles. The van der Waals surface area contributed by atoms with Crippen molar-refractivity contribution < 1.29 is 13.0 Å². The molecule has 1 rings (SSSR count). The molecule has 6 heteroatoms. The van der Waals surface area contributed by atoms with Crippen LogP contribution in [0.4, 0.5) is 5.69 Å². The van der Waals surface area contributed by atoms with Crippen LogP contribution in [0.5, 0.6) is 0 Å². The van der Waals surface area contributed by atoms with Crippen LogP contribution in [0.15, 0.2) is 24.3 Å². The van der Waals surface area contributed by atoms with E-state index in [0.717, 1.165) is 5.56 Å². The van der Waals surface area contributed by atoms with Gasteiger partial charge in [-0.05, 0) is 24.1 Å². The van der Waals surface area contributed by atoms with Gasteiger partial charge in [-0.25, -0.2) is 0 Å². The second-order valence-electron chi connectivity index (χ2n) is 2.80. The van der Waals surface area contributed by atoms with Crippen molar-refractivity contribution in [3.8, 4) is 0 Å². The molecular weight excluding hydrogens is 204 g/mol. The van der Waals surface area contributed by atoms with Crippen molar-refractivity contribution >= 4 is 15.8 Å². The van der Waals surface area contributed by atoms with E-state index in [4.69, 9.17) is 10.1 Å². The molecular formula is C8H9N2O3S+. The summed E-state index contributed by atoms with van der Waals surface area (Å²) in [6.07, 6.45) is 0.241. The third kappa shape index (κ3) is 3.57. The molecule has 0 amide bonds. The minimum absolute atomic E-state index is 0.241. The minimum Gasteiger partial charge on any atom is -0.286 e. The van der Waals surface area contributed by atoms with Gasteiger partial charge in [-0.2, -0.15) is 8.42 Å². The van der Waals surface area contributed by atoms with E-state index in [1.807, 2.05) is 0 Å². The molecule has 0 atom stereocenters. The van der Waals surface area contributed by atoms with E-state index in [9.17, 15) is 8.42 Å². The first-order valence-corrected chi connectivity index (χ1v) is 5.51. The Bertz CT molecular complexity index is 411. The maximum Gasteiger partial charge on any atom is 0.528 e. The molecule has 0 aliphatic heterocycles. The largest absolute Gasteiger partial charge is 0.528 e. The standard InChI is InChI=1S/C8H9N2O3S/c9-10-8-3-1-7(2-4-8)5-6-14(11,12)13/h1-4H,5-6H2,(H,11,12,13)/q+1. The molecule has 0 saturated carbocycles. The number of hydrogen-bond acceptors (Lipinski definition) is 3. The van der Waals surface area contributed by atoms with E-state index in [1.165, 1.54) is 0 Å². The number of hydrogen-bond donors (Lipinski definition) is 1. The Kier molecular flexibility index (Phi) is 3.24. The van der Waals surface area contributed by atoms with Crippen molar-refractivity contribution in [2.45, 2.75) is 6.42 Å². The molecule has 0 fully saturated rings. The van der Waals surface area contributed by atoms with Crippen LogP contribution in [0.2, 0.25) is 0 Å². The first kappa shape index (κ1) is 10.7. The molecule has 5 nitrogen and oxygen atoms in total. The predicted octanol–water partition coefficient (Wildman–Crippen LogP) is 1.11. The molecule has 0 aromatic heterocycles. The summed E-state index contributed by atoms with van der Waals surface area (Å²) in [7, 11) is -3.91. The van der Waals surface area contributed by atoms with Crippen molar-refractivity contribution in [3.05, 3.63) is 35.4 Å². The second-order valence-corrected chi connectivity index (χ2v) is 4.37. The molecule has 0 spiro atoms. The second kappa shape index (κ2) is 4.23. The van der Waals surface area contributed by atoms with E-state index in [1.54, 1.807) is 24.3 Å². The average molecular weight is 213 g/mol. The van der Waals surface area contributed by atoms with Crippen LogP contribution >= 0.6 is 0 Å². The fourth-order valence-electron chi connectivity index (χ4n) is 0.976. The van der Waals surface area contributed by atoms with Gasteiger partial charge in [0.25, 0.3) is 10.1 Å². The van der Waals surface area contributed by atoms with Gasteiger partial charge in [-0.3, -0.25) is 4.55 Å². The highest BCUT2D eigenvalue weighted by Gasteiger charge is 2.10. The third-order valence-electron chi connectivity index (χ3n) is 1.70. The zero-order chi connectivity index (χ0) is 10.6. The quantitative estimate of drug-likeness (QED) is 0.599. The van der Waals surface area contributed by atoms with Crippen molar-refractivity contribution in [2.24, 2.45) is 0 Å². The Morgan fingerprint density at radius 3 is 2.29 bits per heavy atom. The Hall–Kier alpha value is -1.36. The lowest BCUT2D eigenvalue weighted by Gasteiger charge is -1.96. The highest BCUT2D eigenvalue weighted by molar-refractivity contribution is 7.85. The Morgan fingerprint density at radius 2 is 1.86 bits per heavy atom. The van der Waals surface area contributed by atoms with Crippen LogP contribution < -0.4 is 5.11 Å². The van der Waals surface area contributed by atoms with Crippen LogP contribution in [0.25, 0.3) is 5.53 Å². The molecule has 74 valence electrons. The predicted molar refractivity (Wildman–Crippen MR) is 51.7 cm³/mol. The van der Waals surface area contributed by atoms with Gasteiger partial charge in [-0.15, -0.1) is 0 Å². The molecule has 0 heterocycles. The van der Waals surface area contributed by atoms with Gasteiger partial charge < -0.3 is 0 Å². The summed E-state index contributed by atoms with van der Waals surface area (Å²) in [6, 6.07) is 6.39. The topological polar surface area (TPSA) is 90.8 Å². The summed E-state index contributed by atoms with van der Waals surface area (Å²) < 4.78 is 29.3. The molecule has 1 aromatic rings. The SMILES string of the molecule is [N-]=[N+2]c1ccc(CCS(=O)(=O)O)cc1. The molecule has 14 heavy (non-hydrogen) atoms. The first-order chi connectivity index (χ1) is 6.51. The van der Waals surface area contributed by atoms with E-state index in [2.05, 4.69) is 5.11 Å². The number of rotatable bonds is 4. The van der Waals surface area contributed by atoms with Crippen LogP contribution in [0.1, 0.15) is 5.56 Å². The highest BCUT2D eigenvalue weighted by atomic mass is 32.2. The van der Waals surface area contributed by atoms with Crippen LogP contribution in [0, 0.1) is 0 Å². The summed E-state index contributed by atoms with van der Waals surface area (Å²) in [6.45, 7) is 0. The lowest BCUT2D eigenvalue weighted by Crippen LogP contribution is -2.06. The van der Waals surface area contributed by atoms with Gasteiger partial charge in [0, 0.05) is 0 Å². The molecule has 0 bridgehead atoms. The summed E-state index contributed by atoms with van der Waals surface area (Å²) in [5.41, 5.74) is 9.54. The number of aryl methyl sites for hydroxylation is 1. The summed E-state index contributed by atoms with van der Waals surface area (Å²) in [5, 5.41) is 2.95. The molecule has 0 radical (unpaired) electrons. The van der Waals surface area contributed by atoms with Gasteiger partial charge in [0.2, 0.25) is 5.11 Å². The Morgan fingerprint density at radius 1 is 1.29 bits per heavy atom. The zero-order valence-corrected chi connectivity index (χ0v) is 8.11.